The Morgan fingerprint density at radius 1 is 1.37 bits per heavy atom. The number of nitrogens with one attached hydrogen (secondary N) is 1. The molecule has 4 nitrogen and oxygen atoms in total. The van der Waals surface area contributed by atoms with Crippen molar-refractivity contribution < 1.29 is 9.53 Å². The molecule has 1 atom stereocenters. The Hall–Kier alpha value is -0.610. The predicted octanol–water partition coefficient (Wildman–Crippen LogP) is 1.79. The Morgan fingerprint density at radius 2 is 2.11 bits per heavy atom. The van der Waals surface area contributed by atoms with Gasteiger partial charge in [0.05, 0.1) is 7.11 Å². The molecule has 2 fully saturated rings. The minimum atomic E-state index is -0.165. The highest BCUT2D eigenvalue weighted by Gasteiger charge is 2.40. The molecule has 4 heteroatoms. The Morgan fingerprint density at radius 3 is 2.74 bits per heavy atom. The lowest BCUT2D eigenvalue weighted by atomic mass is 9.86. The molecule has 0 radical (unpaired) electrons. The number of rotatable bonds is 6. The molecule has 19 heavy (non-hydrogen) atoms. The van der Waals surface area contributed by atoms with Gasteiger partial charge in [0.2, 0.25) is 0 Å². The molecule has 1 saturated carbocycles. The van der Waals surface area contributed by atoms with Crippen molar-refractivity contribution in [3.8, 4) is 0 Å². The van der Waals surface area contributed by atoms with Gasteiger partial charge < -0.3 is 15.0 Å². The number of hydrogen-bond donors (Lipinski definition) is 1. The van der Waals surface area contributed by atoms with Crippen LogP contribution in [-0.4, -0.2) is 50.2 Å². The molecule has 1 aliphatic carbocycles. The lowest BCUT2D eigenvalue weighted by Crippen LogP contribution is -2.46. The van der Waals surface area contributed by atoms with Crippen molar-refractivity contribution in [3.63, 3.8) is 0 Å². The highest BCUT2D eigenvalue weighted by Crippen LogP contribution is 2.45. The zero-order valence-corrected chi connectivity index (χ0v) is 12.4. The molecule has 1 aliphatic heterocycles. The summed E-state index contributed by atoms with van der Waals surface area (Å²) in [7, 11) is 1.48. The maximum absolute atomic E-state index is 11.8. The third kappa shape index (κ3) is 3.69. The number of methoxy groups -OCH3 is 1. The molecule has 0 aromatic carbocycles. The van der Waals surface area contributed by atoms with E-state index >= 15 is 0 Å². The second-order valence-corrected chi connectivity index (χ2v) is 6.22. The zero-order chi connectivity index (χ0) is 13.7. The van der Waals surface area contributed by atoms with Crippen LogP contribution in [0.1, 0.15) is 45.4 Å². The van der Waals surface area contributed by atoms with Gasteiger partial charge >= 0.3 is 5.97 Å². The van der Waals surface area contributed by atoms with Crippen LogP contribution in [0.4, 0.5) is 0 Å². The minimum absolute atomic E-state index is 0.124. The van der Waals surface area contributed by atoms with E-state index in [1.807, 2.05) is 0 Å². The second-order valence-electron chi connectivity index (χ2n) is 6.22. The van der Waals surface area contributed by atoms with E-state index in [-0.39, 0.29) is 12.0 Å². The van der Waals surface area contributed by atoms with Crippen LogP contribution in [-0.2, 0) is 9.53 Å². The maximum Gasteiger partial charge on any atom is 0.324 e. The van der Waals surface area contributed by atoms with Crippen molar-refractivity contribution in [1.82, 2.24) is 10.2 Å². The van der Waals surface area contributed by atoms with Crippen molar-refractivity contribution >= 4 is 5.97 Å². The summed E-state index contributed by atoms with van der Waals surface area (Å²) in [5.74, 6) is -0.124. The van der Waals surface area contributed by atoms with Gasteiger partial charge in [-0.2, -0.15) is 0 Å². The SMILES string of the molecule is CCCNC(CN1CCC2(CCCC2)C1)C(=O)OC. The van der Waals surface area contributed by atoms with Gasteiger partial charge in [-0.1, -0.05) is 19.8 Å². The number of carbonyl (C=O) groups is 1. The molecule has 2 aliphatic rings. The van der Waals surface area contributed by atoms with Crippen LogP contribution in [0.25, 0.3) is 0 Å². The van der Waals surface area contributed by atoms with Gasteiger partial charge in [-0.25, -0.2) is 0 Å². The zero-order valence-electron chi connectivity index (χ0n) is 12.4. The maximum atomic E-state index is 11.8. The highest BCUT2D eigenvalue weighted by molar-refractivity contribution is 5.75. The van der Waals surface area contributed by atoms with Gasteiger partial charge in [0.15, 0.2) is 0 Å². The van der Waals surface area contributed by atoms with Crippen molar-refractivity contribution in [3.05, 3.63) is 0 Å². The largest absolute Gasteiger partial charge is 0.468 e. The summed E-state index contributed by atoms with van der Waals surface area (Å²) in [6.07, 6.45) is 7.90. The van der Waals surface area contributed by atoms with E-state index in [4.69, 9.17) is 4.74 Å². The minimum Gasteiger partial charge on any atom is -0.468 e. The lowest BCUT2D eigenvalue weighted by molar-refractivity contribution is -0.143. The Bertz CT molecular complexity index is 301. The Balaban J connectivity index is 1.85. The molecular weight excluding hydrogens is 240 g/mol. The van der Waals surface area contributed by atoms with Crippen molar-refractivity contribution in [2.75, 3.05) is 33.3 Å². The van der Waals surface area contributed by atoms with E-state index in [1.54, 1.807) is 0 Å². The Labute approximate surface area is 116 Å². The van der Waals surface area contributed by atoms with Crippen LogP contribution in [0.5, 0.6) is 0 Å². The normalized spacial score (nSPS) is 23.9. The van der Waals surface area contributed by atoms with Gasteiger partial charge in [-0.15, -0.1) is 0 Å². The third-order valence-corrected chi connectivity index (χ3v) is 4.75. The highest BCUT2D eigenvalue weighted by atomic mass is 16.5. The van der Waals surface area contributed by atoms with E-state index in [2.05, 4.69) is 17.1 Å². The standard InChI is InChI=1S/C15H28N2O2/c1-3-9-16-13(14(18)19-2)11-17-10-8-15(12-17)6-4-5-7-15/h13,16H,3-12H2,1-2H3. The van der Waals surface area contributed by atoms with Gasteiger partial charge in [-0.3, -0.25) is 4.79 Å². The smallest absolute Gasteiger partial charge is 0.324 e. The second kappa shape index (κ2) is 6.71. The summed E-state index contributed by atoms with van der Waals surface area (Å²) in [5, 5.41) is 3.31. The fourth-order valence-electron chi connectivity index (χ4n) is 3.66. The molecule has 0 aromatic heterocycles. The number of ether oxygens (including phenoxy) is 1. The first kappa shape index (κ1) is 14.8. The summed E-state index contributed by atoms with van der Waals surface area (Å²) in [6.45, 7) is 6.10. The quantitative estimate of drug-likeness (QED) is 0.746. The van der Waals surface area contributed by atoms with E-state index < -0.39 is 0 Å². The molecule has 1 N–H and O–H groups in total. The van der Waals surface area contributed by atoms with Crippen molar-refractivity contribution in [1.29, 1.82) is 0 Å². The van der Waals surface area contributed by atoms with Crippen LogP contribution in [0.2, 0.25) is 0 Å². The molecule has 1 saturated heterocycles. The number of hydrogen-bond acceptors (Lipinski definition) is 4. The summed E-state index contributed by atoms with van der Waals surface area (Å²) >= 11 is 0. The summed E-state index contributed by atoms with van der Waals surface area (Å²) in [5.41, 5.74) is 0.575. The number of likely N-dealkylation sites (tertiary alicyclic amines) is 1. The first-order chi connectivity index (χ1) is 9.19. The first-order valence-electron chi connectivity index (χ1n) is 7.73. The first-order valence-corrected chi connectivity index (χ1v) is 7.73. The van der Waals surface area contributed by atoms with E-state index in [9.17, 15) is 4.79 Å². The van der Waals surface area contributed by atoms with Gasteiger partial charge in [-0.05, 0) is 44.2 Å². The van der Waals surface area contributed by atoms with E-state index in [0.717, 1.165) is 26.1 Å². The fraction of sp³-hybridized carbons (Fsp3) is 0.933. The lowest BCUT2D eigenvalue weighted by Gasteiger charge is -2.26. The third-order valence-electron chi connectivity index (χ3n) is 4.75. The summed E-state index contributed by atoms with van der Waals surface area (Å²) < 4.78 is 4.91. The number of nitrogens with zero attached hydrogens (tertiary/aromatic N) is 1. The summed E-state index contributed by atoms with van der Waals surface area (Å²) in [6, 6.07) is -0.165. The summed E-state index contributed by atoms with van der Waals surface area (Å²) in [4.78, 5) is 14.3. The molecule has 0 bridgehead atoms. The van der Waals surface area contributed by atoms with Crippen LogP contribution < -0.4 is 5.32 Å². The van der Waals surface area contributed by atoms with Crippen LogP contribution in [0.3, 0.4) is 0 Å². The Kier molecular flexibility index (Phi) is 5.22. The molecule has 110 valence electrons. The predicted molar refractivity (Wildman–Crippen MR) is 76.1 cm³/mol. The van der Waals surface area contributed by atoms with Gasteiger partial charge in [0.25, 0.3) is 0 Å². The molecule has 0 aromatic rings. The van der Waals surface area contributed by atoms with E-state index in [1.165, 1.54) is 45.8 Å². The van der Waals surface area contributed by atoms with Crippen molar-refractivity contribution in [2.24, 2.45) is 5.41 Å². The molecule has 1 spiro atoms. The number of carbonyl (C=O) groups excluding carboxylic acids is 1. The topological polar surface area (TPSA) is 41.6 Å². The molecule has 1 unspecified atom stereocenters. The fourth-order valence-corrected chi connectivity index (χ4v) is 3.66. The number of esters is 1. The van der Waals surface area contributed by atoms with Crippen LogP contribution >= 0.6 is 0 Å². The van der Waals surface area contributed by atoms with Crippen LogP contribution in [0.15, 0.2) is 0 Å². The molecular formula is C15H28N2O2. The molecule has 0 amide bonds. The van der Waals surface area contributed by atoms with E-state index in [0.29, 0.717) is 5.41 Å². The van der Waals surface area contributed by atoms with Crippen LogP contribution in [0, 0.1) is 5.41 Å². The monoisotopic (exact) mass is 268 g/mol. The van der Waals surface area contributed by atoms with Gasteiger partial charge in [0, 0.05) is 13.1 Å². The van der Waals surface area contributed by atoms with Crippen molar-refractivity contribution in [2.45, 2.75) is 51.5 Å². The molecule has 1 heterocycles. The average molecular weight is 268 g/mol. The molecule has 2 rings (SSSR count). The average Bonchev–Trinajstić information content (AvgIpc) is 3.04. The van der Waals surface area contributed by atoms with Gasteiger partial charge in [0.1, 0.15) is 6.04 Å².